The highest BCUT2D eigenvalue weighted by Gasteiger charge is 2.49. The van der Waals surface area contributed by atoms with Gasteiger partial charge in [0.05, 0.1) is 5.41 Å². The monoisotopic (exact) mass is 252 g/mol. The maximum Gasteiger partial charge on any atom is 0.145 e. The van der Waals surface area contributed by atoms with Crippen molar-refractivity contribution >= 4 is 17.4 Å². The standard InChI is InChI=1S/C14H17ClO2/c1-4-9-7-10(5-6-11(9)15)17-13-8-12(16)14(13,2)3/h5-7,13H,4,8H2,1-3H3. The van der Waals surface area contributed by atoms with Crippen molar-refractivity contribution < 1.29 is 9.53 Å². The number of hydrogen-bond acceptors (Lipinski definition) is 2. The molecule has 1 saturated carbocycles. The minimum Gasteiger partial charge on any atom is -0.489 e. The number of Topliss-reactive ketones (excluding diaryl/α,β-unsaturated/α-hetero) is 1. The fourth-order valence-corrected chi connectivity index (χ4v) is 2.23. The third-order valence-electron chi connectivity index (χ3n) is 3.57. The fraction of sp³-hybridized carbons (Fsp3) is 0.500. The van der Waals surface area contributed by atoms with E-state index in [1.165, 1.54) is 0 Å². The molecule has 0 radical (unpaired) electrons. The average Bonchev–Trinajstić information content (AvgIpc) is 2.31. The molecule has 1 unspecified atom stereocenters. The van der Waals surface area contributed by atoms with Gasteiger partial charge in [0.25, 0.3) is 0 Å². The minimum atomic E-state index is -0.355. The van der Waals surface area contributed by atoms with Gasteiger partial charge in [0, 0.05) is 11.4 Å². The number of ketones is 1. The highest BCUT2D eigenvalue weighted by Crippen LogP contribution is 2.39. The molecule has 1 atom stereocenters. The van der Waals surface area contributed by atoms with Gasteiger partial charge in [-0.1, -0.05) is 18.5 Å². The lowest BCUT2D eigenvalue weighted by Gasteiger charge is -2.42. The first kappa shape index (κ1) is 12.4. The van der Waals surface area contributed by atoms with Crippen LogP contribution in [0.3, 0.4) is 0 Å². The number of hydrogen-bond donors (Lipinski definition) is 0. The van der Waals surface area contributed by atoms with Crippen LogP contribution in [0.15, 0.2) is 18.2 Å². The van der Waals surface area contributed by atoms with E-state index in [9.17, 15) is 4.79 Å². The van der Waals surface area contributed by atoms with Crippen molar-refractivity contribution in [1.82, 2.24) is 0 Å². The Morgan fingerprint density at radius 1 is 1.47 bits per heavy atom. The number of carbonyl (C=O) groups excluding carboxylic acids is 1. The number of rotatable bonds is 3. The van der Waals surface area contributed by atoms with Crippen LogP contribution in [0.25, 0.3) is 0 Å². The van der Waals surface area contributed by atoms with Gasteiger partial charge in [-0.05, 0) is 44.0 Å². The molecule has 3 heteroatoms. The van der Waals surface area contributed by atoms with Gasteiger partial charge in [-0.3, -0.25) is 4.79 Å². The third kappa shape index (κ3) is 2.19. The van der Waals surface area contributed by atoms with Crippen molar-refractivity contribution in [3.63, 3.8) is 0 Å². The Hall–Kier alpha value is -1.02. The summed E-state index contributed by atoms with van der Waals surface area (Å²) in [6.45, 7) is 5.92. The summed E-state index contributed by atoms with van der Waals surface area (Å²) in [5.41, 5.74) is 0.721. The van der Waals surface area contributed by atoms with Crippen molar-refractivity contribution in [2.24, 2.45) is 5.41 Å². The van der Waals surface area contributed by atoms with E-state index in [4.69, 9.17) is 16.3 Å². The van der Waals surface area contributed by atoms with Crippen LogP contribution in [-0.4, -0.2) is 11.9 Å². The molecule has 1 fully saturated rings. The van der Waals surface area contributed by atoms with Crippen molar-refractivity contribution in [2.45, 2.75) is 39.7 Å². The molecule has 1 aromatic rings. The molecular weight excluding hydrogens is 236 g/mol. The second kappa shape index (κ2) is 4.34. The van der Waals surface area contributed by atoms with Crippen LogP contribution >= 0.6 is 11.6 Å². The number of benzene rings is 1. The second-order valence-electron chi connectivity index (χ2n) is 5.06. The summed E-state index contributed by atoms with van der Waals surface area (Å²) >= 11 is 6.05. The Morgan fingerprint density at radius 3 is 2.71 bits per heavy atom. The lowest BCUT2D eigenvalue weighted by atomic mass is 9.68. The first-order valence-corrected chi connectivity index (χ1v) is 6.31. The van der Waals surface area contributed by atoms with Gasteiger partial charge < -0.3 is 4.74 Å². The third-order valence-corrected chi connectivity index (χ3v) is 3.94. The van der Waals surface area contributed by atoms with Crippen molar-refractivity contribution in [2.75, 3.05) is 0 Å². The maximum absolute atomic E-state index is 11.4. The molecule has 0 aliphatic heterocycles. The zero-order valence-electron chi connectivity index (χ0n) is 10.4. The summed E-state index contributed by atoms with van der Waals surface area (Å²) in [5.74, 6) is 1.07. The SMILES string of the molecule is CCc1cc(OC2CC(=O)C2(C)C)ccc1Cl. The van der Waals surface area contributed by atoms with Crippen LogP contribution in [0, 0.1) is 5.41 Å². The Balaban J connectivity index is 2.12. The predicted octanol–water partition coefficient (Wildman–Crippen LogP) is 3.65. The fourth-order valence-electron chi connectivity index (χ4n) is 1.98. The largest absolute Gasteiger partial charge is 0.489 e. The smallest absolute Gasteiger partial charge is 0.145 e. The maximum atomic E-state index is 11.4. The molecule has 0 amide bonds. The zero-order chi connectivity index (χ0) is 12.6. The molecule has 2 nitrogen and oxygen atoms in total. The topological polar surface area (TPSA) is 26.3 Å². The molecular formula is C14H17ClO2. The predicted molar refractivity (Wildman–Crippen MR) is 68.7 cm³/mol. The van der Waals surface area contributed by atoms with E-state index in [2.05, 4.69) is 6.92 Å². The van der Waals surface area contributed by atoms with E-state index in [0.717, 1.165) is 22.8 Å². The van der Waals surface area contributed by atoms with E-state index in [1.807, 2.05) is 32.0 Å². The number of aryl methyl sites for hydroxylation is 1. The molecule has 0 aromatic heterocycles. The molecule has 2 rings (SSSR count). The van der Waals surface area contributed by atoms with E-state index < -0.39 is 0 Å². The van der Waals surface area contributed by atoms with Crippen LogP contribution in [-0.2, 0) is 11.2 Å². The Morgan fingerprint density at radius 2 is 2.18 bits per heavy atom. The molecule has 1 aromatic carbocycles. The number of carbonyl (C=O) groups is 1. The molecule has 17 heavy (non-hydrogen) atoms. The number of ether oxygens (including phenoxy) is 1. The summed E-state index contributed by atoms with van der Waals surface area (Å²) < 4.78 is 5.85. The van der Waals surface area contributed by atoms with E-state index in [-0.39, 0.29) is 17.3 Å². The highest BCUT2D eigenvalue weighted by atomic mass is 35.5. The van der Waals surface area contributed by atoms with Crippen LogP contribution in [0.4, 0.5) is 0 Å². The summed E-state index contributed by atoms with van der Waals surface area (Å²) in [7, 11) is 0. The molecule has 1 aliphatic rings. The highest BCUT2D eigenvalue weighted by molar-refractivity contribution is 6.31. The van der Waals surface area contributed by atoms with Gasteiger partial charge >= 0.3 is 0 Å². The van der Waals surface area contributed by atoms with Crippen LogP contribution < -0.4 is 4.74 Å². The molecule has 0 saturated heterocycles. The first-order valence-electron chi connectivity index (χ1n) is 5.93. The summed E-state index contributed by atoms with van der Waals surface area (Å²) in [6, 6.07) is 5.67. The van der Waals surface area contributed by atoms with Crippen LogP contribution in [0.5, 0.6) is 5.75 Å². The Bertz CT molecular complexity index is 452. The quantitative estimate of drug-likeness (QED) is 0.821. The van der Waals surface area contributed by atoms with Gasteiger partial charge in [0.1, 0.15) is 17.6 Å². The van der Waals surface area contributed by atoms with E-state index in [0.29, 0.717) is 6.42 Å². The lowest BCUT2D eigenvalue weighted by molar-refractivity contribution is -0.148. The lowest BCUT2D eigenvalue weighted by Crippen LogP contribution is -2.52. The second-order valence-corrected chi connectivity index (χ2v) is 5.47. The van der Waals surface area contributed by atoms with Crippen molar-refractivity contribution in [3.8, 4) is 5.75 Å². The van der Waals surface area contributed by atoms with Gasteiger partial charge in [-0.2, -0.15) is 0 Å². The molecule has 0 N–H and O–H groups in total. The Kier molecular flexibility index (Phi) is 3.17. The molecule has 1 aliphatic carbocycles. The molecule has 0 bridgehead atoms. The minimum absolute atomic E-state index is 0.0131. The van der Waals surface area contributed by atoms with Gasteiger partial charge in [0.15, 0.2) is 0 Å². The van der Waals surface area contributed by atoms with Gasteiger partial charge in [-0.15, -0.1) is 0 Å². The number of halogens is 1. The van der Waals surface area contributed by atoms with E-state index in [1.54, 1.807) is 0 Å². The zero-order valence-corrected chi connectivity index (χ0v) is 11.2. The molecule has 92 valence electrons. The summed E-state index contributed by atoms with van der Waals surface area (Å²) in [4.78, 5) is 11.4. The normalized spacial score (nSPS) is 22.1. The Labute approximate surface area is 107 Å². The van der Waals surface area contributed by atoms with Gasteiger partial charge in [-0.25, -0.2) is 0 Å². The molecule has 0 spiro atoms. The van der Waals surface area contributed by atoms with Gasteiger partial charge in [0.2, 0.25) is 0 Å². The van der Waals surface area contributed by atoms with Crippen LogP contribution in [0.2, 0.25) is 5.02 Å². The first-order chi connectivity index (χ1) is 7.95. The van der Waals surface area contributed by atoms with Crippen molar-refractivity contribution in [3.05, 3.63) is 28.8 Å². The summed E-state index contributed by atoms with van der Waals surface area (Å²) in [6.07, 6.45) is 1.38. The van der Waals surface area contributed by atoms with Crippen LogP contribution in [0.1, 0.15) is 32.8 Å². The van der Waals surface area contributed by atoms with E-state index >= 15 is 0 Å². The van der Waals surface area contributed by atoms with Crippen molar-refractivity contribution in [1.29, 1.82) is 0 Å². The summed E-state index contributed by atoms with van der Waals surface area (Å²) in [5, 5.41) is 0.767. The average molecular weight is 253 g/mol. The molecule has 0 heterocycles.